The van der Waals surface area contributed by atoms with Gasteiger partial charge in [0.15, 0.2) is 0 Å². The number of nitro benzene ring substituents is 3. The van der Waals surface area contributed by atoms with E-state index in [0.717, 1.165) is 57.7 Å². The maximum Gasteiger partial charge on any atom is 0.339 e. The van der Waals surface area contributed by atoms with Crippen LogP contribution in [0.4, 0.5) is 17.1 Å². The zero-order valence-electron chi connectivity index (χ0n) is 23.7. The van der Waals surface area contributed by atoms with Crippen molar-refractivity contribution in [1.82, 2.24) is 0 Å². The standard InChI is InChI=1S/C30H21N3O12/c1-43-28(34)25-22(16-4-10-19(11-5-16)31(37)38)26(29(35)44-2)24(18-8-14-21(15-9-18)33(41)42)27(30(36)45-3)23(25)17-6-12-20(13-7-17)32(39)40/h4-15H,1-3H3. The first-order valence-corrected chi connectivity index (χ1v) is 12.7. The Kier molecular flexibility index (Phi) is 8.93. The van der Waals surface area contributed by atoms with Crippen molar-refractivity contribution in [2.45, 2.75) is 0 Å². The smallest absolute Gasteiger partial charge is 0.339 e. The average Bonchev–Trinajstić information content (AvgIpc) is 3.05. The summed E-state index contributed by atoms with van der Waals surface area (Å²) in [7, 11) is 3.13. The van der Waals surface area contributed by atoms with Gasteiger partial charge in [-0.1, -0.05) is 0 Å². The second-order valence-corrected chi connectivity index (χ2v) is 9.14. The molecule has 0 spiro atoms. The van der Waals surface area contributed by atoms with Crippen LogP contribution in [0.3, 0.4) is 0 Å². The minimum atomic E-state index is -1.05. The van der Waals surface area contributed by atoms with Gasteiger partial charge in [0, 0.05) is 53.1 Å². The molecule has 0 amide bonds. The van der Waals surface area contributed by atoms with Crippen molar-refractivity contribution >= 4 is 35.0 Å². The van der Waals surface area contributed by atoms with E-state index in [4.69, 9.17) is 14.2 Å². The molecule has 45 heavy (non-hydrogen) atoms. The topological polar surface area (TPSA) is 208 Å². The third-order valence-electron chi connectivity index (χ3n) is 6.77. The number of nitro groups is 3. The number of esters is 3. The van der Waals surface area contributed by atoms with Gasteiger partial charge in [-0.3, -0.25) is 30.3 Å². The summed E-state index contributed by atoms with van der Waals surface area (Å²) in [6.45, 7) is 0. The molecular weight excluding hydrogens is 594 g/mol. The number of carbonyl (C=O) groups is 3. The monoisotopic (exact) mass is 615 g/mol. The van der Waals surface area contributed by atoms with E-state index in [1.165, 1.54) is 36.4 Å². The van der Waals surface area contributed by atoms with E-state index in [1.807, 2.05) is 0 Å². The lowest BCUT2D eigenvalue weighted by atomic mass is 9.79. The molecule has 0 fully saturated rings. The summed E-state index contributed by atoms with van der Waals surface area (Å²) in [5, 5.41) is 34.2. The van der Waals surface area contributed by atoms with Gasteiger partial charge in [-0.05, 0) is 53.1 Å². The highest BCUT2D eigenvalue weighted by molar-refractivity contribution is 6.20. The summed E-state index contributed by atoms with van der Waals surface area (Å²) >= 11 is 0. The highest BCUT2D eigenvalue weighted by Crippen LogP contribution is 2.46. The van der Waals surface area contributed by atoms with E-state index in [2.05, 4.69) is 0 Å². The summed E-state index contributed by atoms with van der Waals surface area (Å²) < 4.78 is 15.2. The van der Waals surface area contributed by atoms with Crippen molar-refractivity contribution in [3.05, 3.63) is 120 Å². The highest BCUT2D eigenvalue weighted by atomic mass is 16.6. The zero-order valence-corrected chi connectivity index (χ0v) is 23.7. The van der Waals surface area contributed by atoms with Gasteiger partial charge in [0.05, 0.1) is 52.8 Å². The molecule has 4 aromatic rings. The van der Waals surface area contributed by atoms with Crippen LogP contribution in [-0.2, 0) is 14.2 Å². The fourth-order valence-electron chi connectivity index (χ4n) is 4.78. The molecule has 0 aliphatic heterocycles. The van der Waals surface area contributed by atoms with Crippen molar-refractivity contribution in [1.29, 1.82) is 0 Å². The van der Waals surface area contributed by atoms with Gasteiger partial charge in [0.25, 0.3) is 17.1 Å². The minimum Gasteiger partial charge on any atom is -0.465 e. The molecule has 4 rings (SSSR count). The van der Waals surface area contributed by atoms with Crippen LogP contribution < -0.4 is 0 Å². The Hall–Kier alpha value is -6.51. The van der Waals surface area contributed by atoms with Crippen molar-refractivity contribution in [2.24, 2.45) is 0 Å². The first-order valence-electron chi connectivity index (χ1n) is 12.7. The van der Waals surface area contributed by atoms with Gasteiger partial charge in [-0.25, -0.2) is 14.4 Å². The van der Waals surface area contributed by atoms with Crippen molar-refractivity contribution in [3.8, 4) is 33.4 Å². The van der Waals surface area contributed by atoms with E-state index in [0.29, 0.717) is 0 Å². The fraction of sp³-hybridized carbons (Fsp3) is 0.100. The van der Waals surface area contributed by atoms with Crippen LogP contribution in [0.2, 0.25) is 0 Å². The average molecular weight is 616 g/mol. The quantitative estimate of drug-likeness (QED) is 0.0951. The first kappa shape index (κ1) is 31.4. The Bertz CT molecular complexity index is 1630. The zero-order chi connectivity index (χ0) is 33.0. The molecule has 4 aromatic carbocycles. The summed E-state index contributed by atoms with van der Waals surface area (Å²) in [6, 6.07) is 14.4. The molecule has 0 N–H and O–H groups in total. The lowest BCUT2D eigenvalue weighted by Crippen LogP contribution is -2.19. The Morgan fingerprint density at radius 2 is 0.644 bits per heavy atom. The molecule has 0 saturated heterocycles. The van der Waals surface area contributed by atoms with Gasteiger partial charge in [0.1, 0.15) is 0 Å². The van der Waals surface area contributed by atoms with Gasteiger partial charge in [-0.2, -0.15) is 0 Å². The Labute approximate surface area is 253 Å². The normalized spacial score (nSPS) is 10.5. The molecule has 0 radical (unpaired) electrons. The molecule has 15 nitrogen and oxygen atoms in total. The summed E-state index contributed by atoms with van der Waals surface area (Å²) in [5.41, 5.74) is -2.28. The molecule has 0 saturated carbocycles. The molecule has 0 aliphatic rings. The highest BCUT2D eigenvalue weighted by Gasteiger charge is 2.36. The van der Waals surface area contributed by atoms with E-state index in [1.54, 1.807) is 0 Å². The Morgan fingerprint density at radius 1 is 0.444 bits per heavy atom. The molecule has 0 atom stereocenters. The van der Waals surface area contributed by atoms with Crippen LogP contribution in [0.15, 0.2) is 72.8 Å². The number of benzene rings is 4. The van der Waals surface area contributed by atoms with Gasteiger partial charge in [-0.15, -0.1) is 0 Å². The molecule has 0 unspecified atom stereocenters. The maximum absolute atomic E-state index is 13.6. The van der Waals surface area contributed by atoms with E-state index in [9.17, 15) is 44.7 Å². The minimum absolute atomic E-state index is 0.0872. The predicted molar refractivity (Wildman–Crippen MR) is 157 cm³/mol. The van der Waals surface area contributed by atoms with Crippen LogP contribution in [0.5, 0.6) is 0 Å². The number of methoxy groups -OCH3 is 3. The number of non-ortho nitro benzene ring substituents is 3. The molecule has 0 bridgehead atoms. The van der Waals surface area contributed by atoms with Gasteiger partial charge >= 0.3 is 17.9 Å². The molecule has 15 heteroatoms. The predicted octanol–water partition coefficient (Wildman–Crippen LogP) is 5.77. The van der Waals surface area contributed by atoms with Crippen LogP contribution >= 0.6 is 0 Å². The third-order valence-corrected chi connectivity index (χ3v) is 6.77. The summed E-state index contributed by atoms with van der Waals surface area (Å²) in [5.74, 6) is -3.16. The van der Waals surface area contributed by atoms with Crippen molar-refractivity contribution in [3.63, 3.8) is 0 Å². The molecule has 228 valence electrons. The van der Waals surface area contributed by atoms with Crippen molar-refractivity contribution in [2.75, 3.05) is 21.3 Å². The Balaban J connectivity index is 2.35. The fourth-order valence-corrected chi connectivity index (χ4v) is 4.78. The number of carbonyl (C=O) groups excluding carboxylic acids is 3. The third kappa shape index (κ3) is 5.90. The van der Waals surface area contributed by atoms with Crippen LogP contribution in [-0.4, -0.2) is 54.0 Å². The number of nitrogens with zero attached hydrogens (tertiary/aromatic N) is 3. The van der Waals surface area contributed by atoms with Gasteiger partial charge in [0.2, 0.25) is 0 Å². The number of rotatable bonds is 9. The SMILES string of the molecule is COC(=O)c1c(-c2ccc([N+](=O)[O-])cc2)c(C(=O)OC)c(-c2ccc([N+](=O)[O-])cc2)c(C(=O)OC)c1-c1ccc([N+](=O)[O-])cc1. The number of hydrogen-bond donors (Lipinski definition) is 0. The van der Waals surface area contributed by atoms with E-state index >= 15 is 0 Å². The largest absolute Gasteiger partial charge is 0.465 e. The van der Waals surface area contributed by atoms with Crippen LogP contribution in [0.25, 0.3) is 33.4 Å². The lowest BCUT2D eigenvalue weighted by Gasteiger charge is -2.24. The molecular formula is C30H21N3O12. The molecule has 0 aromatic heterocycles. The van der Waals surface area contributed by atoms with E-state index in [-0.39, 0.29) is 67.1 Å². The lowest BCUT2D eigenvalue weighted by molar-refractivity contribution is -0.385. The second-order valence-electron chi connectivity index (χ2n) is 9.14. The summed E-state index contributed by atoms with van der Waals surface area (Å²) in [4.78, 5) is 73.1. The maximum atomic E-state index is 13.6. The van der Waals surface area contributed by atoms with Crippen LogP contribution in [0, 0.1) is 30.3 Å². The van der Waals surface area contributed by atoms with Crippen molar-refractivity contribution < 1.29 is 43.4 Å². The van der Waals surface area contributed by atoms with E-state index < -0.39 is 32.7 Å². The molecule has 0 aliphatic carbocycles. The molecule has 0 heterocycles. The van der Waals surface area contributed by atoms with Gasteiger partial charge < -0.3 is 14.2 Å². The Morgan fingerprint density at radius 3 is 0.800 bits per heavy atom. The second kappa shape index (κ2) is 12.8. The number of ether oxygens (including phenoxy) is 3. The van der Waals surface area contributed by atoms with Crippen LogP contribution in [0.1, 0.15) is 31.1 Å². The number of hydrogen-bond acceptors (Lipinski definition) is 12. The first-order chi connectivity index (χ1) is 21.4. The summed E-state index contributed by atoms with van der Waals surface area (Å²) in [6.07, 6.45) is 0.